The van der Waals surface area contributed by atoms with Gasteiger partial charge < -0.3 is 84.4 Å². The molecule has 1 fully saturated rings. The van der Waals surface area contributed by atoms with Crippen molar-refractivity contribution in [1.29, 1.82) is 0 Å². The topological polar surface area (TPSA) is 488 Å². The van der Waals surface area contributed by atoms with Crippen LogP contribution in [0.25, 0.3) is 10.8 Å². The summed E-state index contributed by atoms with van der Waals surface area (Å²) in [5.74, 6) is -10.7. The lowest BCUT2D eigenvalue weighted by atomic mass is 9.99. The summed E-state index contributed by atoms with van der Waals surface area (Å²) in [5, 5.41) is 46.6. The molecule has 4 heterocycles. The number of nitrogens with one attached hydrogen (secondary N) is 12. The average molecular weight is 1660 g/mol. The SMILES string of the molecule is CC(=O)N[C@H](Cc1ccc2ccccc2c1)C(=O)N[C@H](Cc1ccc(Cl)cc1)C(=O)N[C@H](Cc1cccnc1)C(=O)N[C@@H](CO)C(=O)N[C@@H](CCCCNC(=O)CN(C)C(=O)c1cnccn1)C(=O)N[C@H](CCCCNC(=O)c1ccccn1)C(=O)N[C@@H](CC(C)C)C(=O)N[C@@H](CCCCNC(C)C)C(=O)N1CCC[C@H]1C(=O)N[C@H](C)C(N)=O. The van der Waals surface area contributed by atoms with Crippen molar-refractivity contribution < 1.29 is 72.2 Å². The van der Waals surface area contributed by atoms with Crippen LogP contribution in [0.4, 0.5) is 0 Å². The molecule has 3 aromatic heterocycles. The molecule has 35 heteroatoms. The number of hydrogen-bond acceptors (Lipinski definition) is 20. The van der Waals surface area contributed by atoms with Crippen LogP contribution in [0.15, 0.2) is 134 Å². The average Bonchev–Trinajstić information content (AvgIpc) is 1.72. The molecule has 1 saturated heterocycles. The first-order chi connectivity index (χ1) is 57.0. The Balaban J connectivity index is 1.16. The Bertz CT molecular complexity index is 4400. The maximum Gasteiger partial charge on any atom is 0.274 e. The number of aromatic nitrogens is 4. The van der Waals surface area contributed by atoms with E-state index in [1.54, 1.807) is 62.4 Å². The summed E-state index contributed by atoms with van der Waals surface area (Å²) in [7, 11) is 1.40. The number of unbranched alkanes of at least 4 members (excludes halogenated alkanes) is 3. The number of pyridine rings is 2. The van der Waals surface area contributed by atoms with E-state index in [0.29, 0.717) is 47.5 Å². The standard InChI is InChI=1S/C84H112ClN19O15/c1-51(2)42-65(77(112)98-64(26-13-14-35-89-52(3)4)84(119)104-41-19-27-71(104)82(117)94-53(5)73(86)108)99-76(111)63(25-12-17-38-93-74(109)61-23-10-15-36-90-61)96-75(110)62(24-11-16-37-92-72(107)49-103(7)83(118)69-48-88-39-40-91-69)97-81(116)70(50-105)102-80(115)68(46-57-20-18-34-87-47-57)101-79(114)67(44-55-29-32-60(85)33-30-55)100-78(113)66(95-54(6)106)45-56-28-31-58-21-8-9-22-59(58)43-56/h8-10,15,18,20-23,28-34,36,39-40,43,47-48,51-53,62-68,70-71,89,105H,11-14,16-17,19,24-27,35,37-38,41-42,44-46,49-50H2,1-7H3,(H2,86,108)(H,92,107)(H,93,109)(H,94,117)(H,95,106)(H,96,110)(H,97,116)(H,98,112)(H,99,111)(H,100,113)(H,101,114)(H,102,115)/t53-,62+,63-,64+,65+,66-,67-,68-,70+,71+/m1/s1. The molecular weight excluding hydrogens is 1550 g/mol. The number of likely N-dealkylation sites (tertiary alicyclic amines) is 1. The fourth-order valence-corrected chi connectivity index (χ4v) is 13.5. The first-order valence-corrected chi connectivity index (χ1v) is 40.6. The predicted octanol–water partition coefficient (Wildman–Crippen LogP) is 1.85. The van der Waals surface area contributed by atoms with Gasteiger partial charge in [-0.25, -0.2) is 4.98 Å². The van der Waals surface area contributed by atoms with E-state index in [1.807, 2.05) is 56.3 Å². The number of nitrogens with zero attached hydrogens (tertiary/aromatic N) is 6. The molecular formula is C84H112ClN19O15. The molecule has 0 radical (unpaired) electrons. The molecule has 14 amide bonds. The molecule has 34 nitrogen and oxygen atoms in total. The molecule has 640 valence electrons. The van der Waals surface area contributed by atoms with Gasteiger partial charge in [-0.3, -0.25) is 82.1 Å². The van der Waals surface area contributed by atoms with Crippen molar-refractivity contribution in [2.45, 2.75) is 204 Å². The molecule has 0 saturated carbocycles. The number of carbonyl (C=O) groups is 14. The van der Waals surface area contributed by atoms with Gasteiger partial charge in [-0.15, -0.1) is 0 Å². The summed E-state index contributed by atoms with van der Waals surface area (Å²) in [6.07, 6.45) is 10.0. The highest BCUT2D eigenvalue weighted by molar-refractivity contribution is 6.30. The first kappa shape index (κ1) is 94.2. The zero-order chi connectivity index (χ0) is 86.5. The lowest BCUT2D eigenvalue weighted by molar-refractivity contribution is -0.142. The minimum atomic E-state index is -1.87. The summed E-state index contributed by atoms with van der Waals surface area (Å²) in [6, 6.07) is 14.0. The van der Waals surface area contributed by atoms with Crippen LogP contribution >= 0.6 is 11.6 Å². The fourth-order valence-electron chi connectivity index (χ4n) is 13.3. The number of aliphatic hydroxyl groups is 1. The third kappa shape index (κ3) is 31.8. The summed E-state index contributed by atoms with van der Waals surface area (Å²) >= 11 is 6.27. The Morgan fingerprint density at radius 3 is 1.64 bits per heavy atom. The smallest absolute Gasteiger partial charge is 0.274 e. The highest BCUT2D eigenvalue weighted by Crippen LogP contribution is 2.23. The van der Waals surface area contributed by atoms with E-state index >= 15 is 9.59 Å². The first-order valence-electron chi connectivity index (χ1n) is 40.2. The van der Waals surface area contributed by atoms with E-state index in [4.69, 9.17) is 17.3 Å². The molecule has 1 aliphatic heterocycles. The van der Waals surface area contributed by atoms with E-state index in [0.717, 1.165) is 15.7 Å². The highest BCUT2D eigenvalue weighted by Gasteiger charge is 2.41. The van der Waals surface area contributed by atoms with E-state index in [-0.39, 0.29) is 127 Å². The van der Waals surface area contributed by atoms with Crippen molar-refractivity contribution in [1.82, 2.24) is 93.5 Å². The molecule has 6 aromatic rings. The molecule has 0 spiro atoms. The maximum atomic E-state index is 15.3. The monoisotopic (exact) mass is 1660 g/mol. The van der Waals surface area contributed by atoms with Gasteiger partial charge in [0.05, 0.1) is 19.3 Å². The molecule has 7 rings (SSSR count). The molecule has 0 unspecified atom stereocenters. The van der Waals surface area contributed by atoms with Crippen molar-refractivity contribution in [2.75, 3.05) is 46.4 Å². The van der Waals surface area contributed by atoms with Crippen LogP contribution in [0, 0.1) is 5.92 Å². The van der Waals surface area contributed by atoms with Gasteiger partial charge in [-0.05, 0) is 154 Å². The Labute approximate surface area is 697 Å². The van der Waals surface area contributed by atoms with Gasteiger partial charge in [0.1, 0.15) is 71.8 Å². The molecule has 1 aliphatic rings. The molecule has 119 heavy (non-hydrogen) atoms. The molecule has 3 aromatic carbocycles. The van der Waals surface area contributed by atoms with Gasteiger partial charge in [-0.1, -0.05) is 106 Å². The van der Waals surface area contributed by atoms with E-state index in [2.05, 4.69) is 83.7 Å². The highest BCUT2D eigenvalue weighted by atomic mass is 35.5. The summed E-state index contributed by atoms with van der Waals surface area (Å²) in [5.41, 5.74) is 7.27. The summed E-state index contributed by atoms with van der Waals surface area (Å²) < 4.78 is 0. The van der Waals surface area contributed by atoms with Crippen LogP contribution in [0.1, 0.15) is 156 Å². The second-order valence-electron chi connectivity index (χ2n) is 30.3. The van der Waals surface area contributed by atoms with Crippen molar-refractivity contribution >= 4 is 105 Å². The zero-order valence-electron chi connectivity index (χ0n) is 68.3. The van der Waals surface area contributed by atoms with Crippen LogP contribution in [0.3, 0.4) is 0 Å². The van der Waals surface area contributed by atoms with Gasteiger partial charge >= 0.3 is 0 Å². The number of carbonyl (C=O) groups excluding carboxylic acids is 14. The van der Waals surface area contributed by atoms with Gasteiger partial charge in [0.2, 0.25) is 70.9 Å². The molecule has 0 aliphatic carbocycles. The van der Waals surface area contributed by atoms with Gasteiger partial charge in [-0.2, -0.15) is 0 Å². The normalized spacial score (nSPS) is 14.7. The van der Waals surface area contributed by atoms with Crippen LogP contribution in [0.5, 0.6) is 0 Å². The lowest BCUT2D eigenvalue weighted by Gasteiger charge is -2.31. The number of likely N-dealkylation sites (N-methyl/N-ethyl adjacent to an activating group) is 1. The number of aliphatic hydroxyl groups excluding tert-OH is 1. The van der Waals surface area contributed by atoms with Crippen molar-refractivity contribution in [3.05, 3.63) is 167 Å². The van der Waals surface area contributed by atoms with Crippen molar-refractivity contribution in [3.8, 4) is 0 Å². The van der Waals surface area contributed by atoms with Crippen molar-refractivity contribution in [2.24, 2.45) is 11.7 Å². The van der Waals surface area contributed by atoms with Gasteiger partial charge in [0.15, 0.2) is 0 Å². The Morgan fingerprint density at radius 1 is 0.521 bits per heavy atom. The zero-order valence-corrected chi connectivity index (χ0v) is 69.0. The number of primary amides is 1. The molecule has 0 bridgehead atoms. The number of hydrogen-bond donors (Lipinski definition) is 14. The van der Waals surface area contributed by atoms with Crippen LogP contribution in [-0.4, -0.2) is 230 Å². The number of benzene rings is 3. The molecule has 15 N–H and O–H groups in total. The third-order valence-corrected chi connectivity index (χ3v) is 20.0. The van der Waals surface area contributed by atoms with Crippen LogP contribution in [-0.2, 0) is 76.8 Å². The predicted molar refractivity (Wildman–Crippen MR) is 443 cm³/mol. The number of rotatable bonds is 48. The van der Waals surface area contributed by atoms with E-state index in [1.165, 1.54) is 69.0 Å². The second kappa shape index (κ2) is 48.7. The fraction of sp³-hybridized carbons (Fsp3) is 0.476. The number of amides is 14. The lowest BCUT2D eigenvalue weighted by Crippen LogP contribution is -2.61. The Kier molecular flexibility index (Phi) is 38.6. The minimum Gasteiger partial charge on any atom is -0.394 e. The largest absolute Gasteiger partial charge is 0.394 e. The Hall–Kier alpha value is -11.9. The second-order valence-corrected chi connectivity index (χ2v) is 30.7. The Morgan fingerprint density at radius 2 is 1.05 bits per heavy atom. The third-order valence-electron chi connectivity index (χ3n) is 19.7. The van der Waals surface area contributed by atoms with Gasteiger partial charge in [0, 0.05) is 94.9 Å². The van der Waals surface area contributed by atoms with E-state index in [9.17, 15) is 62.6 Å². The van der Waals surface area contributed by atoms with E-state index < -0.39 is 150 Å². The van der Waals surface area contributed by atoms with Crippen LogP contribution < -0.4 is 69.5 Å². The maximum absolute atomic E-state index is 15.3. The number of nitrogens with two attached hydrogens (primary N) is 1. The molecule has 10 atom stereocenters. The van der Waals surface area contributed by atoms with Gasteiger partial charge in [0.25, 0.3) is 11.8 Å². The number of fused-ring (bicyclic) bond motifs is 1. The number of halogens is 1. The quantitative estimate of drug-likeness (QED) is 0.0242. The minimum absolute atomic E-state index is 0.00475. The van der Waals surface area contributed by atoms with Crippen LogP contribution in [0.2, 0.25) is 5.02 Å². The summed E-state index contributed by atoms with van der Waals surface area (Å²) in [4.78, 5) is 216. The summed E-state index contributed by atoms with van der Waals surface area (Å²) in [6.45, 7) is 9.60. The van der Waals surface area contributed by atoms with Crippen molar-refractivity contribution in [3.63, 3.8) is 0 Å².